The summed E-state index contributed by atoms with van der Waals surface area (Å²) < 4.78 is 40.6. The number of likely N-dealkylation sites (tertiary alicyclic amines) is 1. The topological polar surface area (TPSA) is 285 Å². The Kier molecular flexibility index (Phi) is 16.5. The zero-order valence-corrected chi connectivity index (χ0v) is 39.9. The van der Waals surface area contributed by atoms with Gasteiger partial charge in [-0.25, -0.2) is 19.2 Å². The van der Waals surface area contributed by atoms with E-state index in [0.717, 1.165) is 9.80 Å². The molecule has 5 amide bonds. The van der Waals surface area contributed by atoms with E-state index in [9.17, 15) is 44.4 Å². The third kappa shape index (κ3) is 14.0. The number of carbonyl (C=O) groups excluding carboxylic acids is 5. The smallest absolute Gasteiger partial charge is 0.412 e. The fourth-order valence-electron chi connectivity index (χ4n) is 8.23. The lowest BCUT2D eigenvalue weighted by atomic mass is 9.72. The Labute approximate surface area is 380 Å². The first kappa shape index (κ1) is 53.2. The second-order valence-corrected chi connectivity index (χ2v) is 20.5. The molecule has 0 aromatic heterocycles. The van der Waals surface area contributed by atoms with Crippen molar-refractivity contribution in [2.75, 3.05) is 40.3 Å². The van der Waals surface area contributed by atoms with Crippen LogP contribution in [-0.2, 0) is 38.0 Å². The van der Waals surface area contributed by atoms with E-state index in [1.54, 1.807) is 75.4 Å². The molecule has 0 aromatic carbocycles. The van der Waals surface area contributed by atoms with Crippen LogP contribution in [0.2, 0.25) is 0 Å². The molecule has 11 atom stereocenters. The van der Waals surface area contributed by atoms with Crippen LogP contribution < -0.4 is 21.3 Å². The molecule has 2 saturated heterocycles. The highest BCUT2D eigenvalue weighted by molar-refractivity contribution is 5.89. The summed E-state index contributed by atoms with van der Waals surface area (Å²) in [5.41, 5.74) is -6.75. The quantitative estimate of drug-likeness (QED) is 0.107. The van der Waals surface area contributed by atoms with Crippen LogP contribution in [-0.4, -0.2) is 184 Å². The largest absolute Gasteiger partial charge is 0.491 e. The van der Waals surface area contributed by atoms with E-state index in [-0.39, 0.29) is 25.1 Å². The maximum Gasteiger partial charge on any atom is 0.412 e. The molecule has 3 heterocycles. The fraction of sp³-hybridized carbons (Fsp3) is 0.791. The molecule has 0 aromatic rings. The number of aliphatic hydroxyl groups is 4. The van der Waals surface area contributed by atoms with Gasteiger partial charge in [-0.05, 0) is 102 Å². The molecule has 22 nitrogen and oxygen atoms in total. The number of alkyl carbamates (subject to hydrolysis) is 2. The molecule has 3 aliphatic heterocycles. The van der Waals surface area contributed by atoms with Crippen LogP contribution in [0.15, 0.2) is 24.2 Å². The van der Waals surface area contributed by atoms with Crippen molar-refractivity contribution in [1.82, 2.24) is 31.1 Å². The number of β-amino-alcohol motifs (C(OH)–C–C–N with tert-alkyl or cyclic N) is 1. The van der Waals surface area contributed by atoms with Gasteiger partial charge in [0, 0.05) is 19.0 Å². The summed E-state index contributed by atoms with van der Waals surface area (Å²) in [6, 6.07) is -4.77. The van der Waals surface area contributed by atoms with E-state index >= 15 is 0 Å². The molecular weight excluding hydrogens is 856 g/mol. The van der Waals surface area contributed by atoms with Crippen LogP contribution in [0.1, 0.15) is 89.0 Å². The van der Waals surface area contributed by atoms with Crippen molar-refractivity contribution in [2.45, 2.75) is 172 Å². The predicted octanol–water partition coefficient (Wildman–Crippen LogP) is 1.34. The van der Waals surface area contributed by atoms with Crippen molar-refractivity contribution < 1.29 is 77.6 Å². The van der Waals surface area contributed by atoms with E-state index < -0.39 is 139 Å². The number of amides is 5. The number of hydrogen-bond acceptors (Lipinski definition) is 17. The molecule has 1 unspecified atom stereocenters. The number of likely N-dealkylation sites (N-methyl/N-ethyl adjacent to an activating group) is 2. The summed E-state index contributed by atoms with van der Waals surface area (Å²) in [6.45, 7) is 20.2. The molecule has 0 radical (unpaired) electrons. The van der Waals surface area contributed by atoms with Gasteiger partial charge in [0.05, 0.1) is 56.2 Å². The van der Waals surface area contributed by atoms with Gasteiger partial charge in [0.15, 0.2) is 11.9 Å². The summed E-state index contributed by atoms with van der Waals surface area (Å²) >= 11 is 0. The average Bonchev–Trinajstić information content (AvgIpc) is 3.10. The lowest BCUT2D eigenvalue weighted by Gasteiger charge is -2.52. The minimum atomic E-state index is -2.13. The van der Waals surface area contributed by atoms with Gasteiger partial charge in [0.25, 0.3) is 5.91 Å². The number of nitrogens with one attached hydrogen (secondary N) is 4. The molecule has 1 aliphatic carbocycles. The van der Waals surface area contributed by atoms with Crippen molar-refractivity contribution in [3.05, 3.63) is 24.2 Å². The van der Waals surface area contributed by atoms with Crippen LogP contribution >= 0.6 is 0 Å². The van der Waals surface area contributed by atoms with Gasteiger partial charge < -0.3 is 84.7 Å². The number of carbonyl (C=O) groups is 5. The maximum atomic E-state index is 14.1. The molecule has 4 rings (SSSR count). The zero-order chi connectivity index (χ0) is 49.2. The van der Waals surface area contributed by atoms with Crippen molar-refractivity contribution in [3.8, 4) is 0 Å². The van der Waals surface area contributed by atoms with E-state index in [2.05, 4.69) is 27.8 Å². The summed E-state index contributed by atoms with van der Waals surface area (Å²) in [5, 5.41) is 58.9. The first-order valence-electron chi connectivity index (χ1n) is 21.7. The van der Waals surface area contributed by atoms with Crippen molar-refractivity contribution in [2.24, 2.45) is 5.92 Å². The van der Waals surface area contributed by atoms with Crippen LogP contribution in [0, 0.1) is 5.92 Å². The van der Waals surface area contributed by atoms with E-state index in [4.69, 9.17) is 33.2 Å². The number of allylic oxidation sites excluding steroid dienone is 1. The number of hydrogen-bond donors (Lipinski definition) is 8. The molecule has 65 heavy (non-hydrogen) atoms. The number of aliphatic hydroxyl groups excluding tert-OH is 2. The second kappa shape index (κ2) is 20.2. The van der Waals surface area contributed by atoms with Crippen LogP contribution in [0.3, 0.4) is 0 Å². The van der Waals surface area contributed by atoms with Crippen LogP contribution in [0.25, 0.3) is 0 Å². The Bertz CT molecular complexity index is 1780. The van der Waals surface area contributed by atoms with Gasteiger partial charge in [-0.3, -0.25) is 4.79 Å². The lowest BCUT2D eigenvalue weighted by molar-refractivity contribution is -0.306. The lowest BCUT2D eigenvalue weighted by Crippen LogP contribution is -2.74. The summed E-state index contributed by atoms with van der Waals surface area (Å²) in [5.74, 6) is -1.65. The number of rotatable bonds is 11. The molecule has 22 heteroatoms. The summed E-state index contributed by atoms with van der Waals surface area (Å²) in [7, 11) is 3.01. The van der Waals surface area contributed by atoms with Gasteiger partial charge in [-0.1, -0.05) is 6.58 Å². The average molecular weight is 929 g/mol. The van der Waals surface area contributed by atoms with Crippen LogP contribution in [0.5, 0.6) is 0 Å². The van der Waals surface area contributed by atoms with Gasteiger partial charge in [0.1, 0.15) is 46.5 Å². The predicted molar refractivity (Wildman–Crippen MR) is 231 cm³/mol. The fourth-order valence-corrected chi connectivity index (χ4v) is 8.23. The third-order valence-electron chi connectivity index (χ3n) is 10.9. The Morgan fingerprint density at radius 1 is 0.877 bits per heavy atom. The Morgan fingerprint density at radius 3 is 2.02 bits per heavy atom. The van der Waals surface area contributed by atoms with Crippen molar-refractivity contribution in [1.29, 1.82) is 0 Å². The van der Waals surface area contributed by atoms with Gasteiger partial charge in [-0.15, -0.1) is 0 Å². The van der Waals surface area contributed by atoms with Crippen molar-refractivity contribution in [3.63, 3.8) is 0 Å². The molecule has 370 valence electrons. The third-order valence-corrected chi connectivity index (χ3v) is 10.9. The maximum absolute atomic E-state index is 14.1. The molecule has 3 fully saturated rings. The minimum Gasteiger partial charge on any atom is -0.491 e. The van der Waals surface area contributed by atoms with Crippen molar-refractivity contribution >= 4 is 30.3 Å². The zero-order valence-electron chi connectivity index (χ0n) is 39.9. The highest BCUT2D eigenvalue weighted by atomic mass is 16.7. The van der Waals surface area contributed by atoms with Gasteiger partial charge in [-0.2, -0.15) is 0 Å². The summed E-state index contributed by atoms with van der Waals surface area (Å²) in [6.07, 6.45) is -9.76. The standard InChI is InChI=1S/C43H72N6O16/c1-22(2)60-35(53)46-24-16-15-23(18-44-13)61-30(24)27-25(47-36(54)63-39(3,4)5)17-26(45-34(52)43(58)19-49(20-43)38(56)65-41(9,10)11)31(28(27)50)62-33-29(51)32(42(12,57)21-59-33)48(14)37(55)64-40(6,7)8/h15,24-33,44,50-51,57-58H,1,16-21H2,2-14H3,(H,45,52)(H,46,53)(H,47,54)/t24-,25+,26-,27-,28+,29-,30?,31+,32-,33-,42+/m1/s1. The first-order chi connectivity index (χ1) is 29.7. The minimum absolute atomic E-state index is 0.0966. The van der Waals surface area contributed by atoms with Gasteiger partial charge >= 0.3 is 24.4 Å². The summed E-state index contributed by atoms with van der Waals surface area (Å²) in [4.78, 5) is 69.0. The normalized spacial score (nSPS) is 31.4. The van der Waals surface area contributed by atoms with E-state index in [1.165, 1.54) is 20.9 Å². The molecule has 4 aliphatic rings. The Hall–Kier alpha value is -4.45. The molecule has 1 saturated carbocycles. The monoisotopic (exact) mass is 929 g/mol. The second-order valence-electron chi connectivity index (χ2n) is 20.5. The number of ether oxygens (including phenoxy) is 7. The van der Waals surface area contributed by atoms with Crippen LogP contribution in [0.4, 0.5) is 19.2 Å². The van der Waals surface area contributed by atoms with Gasteiger partial charge in [0.2, 0.25) is 0 Å². The van der Waals surface area contributed by atoms with E-state index in [0.29, 0.717) is 5.76 Å². The SMILES string of the molecule is C=C(C)OC(=O)N[C@@H]1CC=C(CNC)OC1[C@H]1[C@H](O)[C@@H](O[C@H]2OC[C@](C)(O)[C@H](N(C)C(=O)OC(C)(C)C)[C@H]2O)[C@H](NC(=O)C2(O)CN(C(=O)OC(C)(C)C)C2)C[C@@H]1NC(=O)OC(C)(C)C. The Morgan fingerprint density at radius 2 is 1.46 bits per heavy atom. The molecule has 8 N–H and O–H groups in total. The molecule has 0 bridgehead atoms. The molecular formula is C43H72N6O16. The first-order valence-corrected chi connectivity index (χ1v) is 21.7. The highest BCUT2D eigenvalue weighted by Gasteiger charge is 2.58. The number of nitrogens with zero attached hydrogens (tertiary/aromatic N) is 2. The van der Waals surface area contributed by atoms with E-state index in [1.807, 2.05) is 0 Å². The Balaban J connectivity index is 1.80. The molecule has 0 spiro atoms. The highest BCUT2D eigenvalue weighted by Crippen LogP contribution is 2.39.